The van der Waals surface area contributed by atoms with Crippen molar-refractivity contribution in [3.05, 3.63) is 59.0 Å². The summed E-state index contributed by atoms with van der Waals surface area (Å²) in [5, 5.41) is 14.5. The first-order valence-electron chi connectivity index (χ1n) is 9.92. The molecule has 4 aromatic heterocycles. The Morgan fingerprint density at radius 1 is 1.15 bits per heavy atom. The average Bonchev–Trinajstić information content (AvgIpc) is 3.41. The summed E-state index contributed by atoms with van der Waals surface area (Å²) in [6, 6.07) is 2.95. The number of halogens is 3. The quantitative estimate of drug-likeness (QED) is 0.502. The zero-order chi connectivity index (χ0) is 23.3. The van der Waals surface area contributed by atoms with E-state index in [0.717, 1.165) is 12.3 Å². The second-order valence-electron chi connectivity index (χ2n) is 7.71. The number of ether oxygens (including phenoxy) is 1. The number of aryl methyl sites for hydroxylation is 1. The average molecular weight is 458 g/mol. The van der Waals surface area contributed by atoms with Crippen LogP contribution in [0.4, 0.5) is 13.2 Å². The third-order valence-electron chi connectivity index (χ3n) is 5.48. The normalized spacial score (nSPS) is 18.8. The molecule has 0 bridgehead atoms. The number of hydrogen-bond acceptors (Lipinski definition) is 7. The molecule has 1 aliphatic heterocycles. The van der Waals surface area contributed by atoms with E-state index >= 15 is 0 Å². The third kappa shape index (κ3) is 3.76. The number of rotatable bonds is 3. The first-order valence-corrected chi connectivity index (χ1v) is 9.92. The number of aromatic nitrogens is 6. The van der Waals surface area contributed by atoms with Crippen LogP contribution in [-0.2, 0) is 18.0 Å². The zero-order valence-corrected chi connectivity index (χ0v) is 17.2. The number of alkyl halides is 3. The van der Waals surface area contributed by atoms with E-state index in [1.807, 2.05) is 0 Å². The topological polar surface area (TPSA) is 108 Å². The second-order valence-corrected chi connectivity index (χ2v) is 7.71. The lowest BCUT2D eigenvalue weighted by Crippen LogP contribution is -2.32. The van der Waals surface area contributed by atoms with Gasteiger partial charge in [-0.3, -0.25) is 19.0 Å². The summed E-state index contributed by atoms with van der Waals surface area (Å²) in [7, 11) is 1.72. The van der Waals surface area contributed by atoms with Crippen LogP contribution in [0.5, 0.6) is 0 Å². The summed E-state index contributed by atoms with van der Waals surface area (Å²) >= 11 is 0. The minimum Gasteiger partial charge on any atom is -0.388 e. The molecule has 170 valence electrons. The molecule has 0 amide bonds. The summed E-state index contributed by atoms with van der Waals surface area (Å²) in [5.74, 6) is 0. The van der Waals surface area contributed by atoms with Crippen LogP contribution < -0.4 is 5.56 Å². The summed E-state index contributed by atoms with van der Waals surface area (Å²) < 4.78 is 47.0. The van der Waals surface area contributed by atoms with Crippen LogP contribution >= 0.6 is 0 Å². The molecule has 0 unspecified atom stereocenters. The standard InChI is InChI=1S/C21H17F3N6O3/c1-29-7-11(5-27-29)18-19-13(20(32)30(10-26-19)16-8-33-9-17(16)31)4-15(28-18)14-3-2-12(6-25-14)21(22,23)24/h2-7,10,16-17,31H,8-9H2,1H3/t16-,17-/m1/s1. The van der Waals surface area contributed by atoms with Gasteiger partial charge in [-0.15, -0.1) is 0 Å². The van der Waals surface area contributed by atoms with E-state index in [2.05, 4.69) is 20.1 Å². The first kappa shape index (κ1) is 21.2. The van der Waals surface area contributed by atoms with E-state index in [-0.39, 0.29) is 30.0 Å². The maximum atomic E-state index is 13.4. The number of fused-ring (bicyclic) bond motifs is 1. The molecule has 5 heterocycles. The molecule has 12 heteroatoms. The Morgan fingerprint density at radius 3 is 2.58 bits per heavy atom. The van der Waals surface area contributed by atoms with Gasteiger partial charge in [-0.2, -0.15) is 18.3 Å². The SMILES string of the molecule is Cn1cc(-c2nc(-c3ccc(C(F)(F)F)cn3)cc3c(=O)n([C@@H]4COC[C@H]4O)cnc23)cn1. The van der Waals surface area contributed by atoms with Gasteiger partial charge in [-0.05, 0) is 18.2 Å². The Morgan fingerprint density at radius 2 is 1.97 bits per heavy atom. The van der Waals surface area contributed by atoms with Crippen LogP contribution in [0, 0.1) is 0 Å². The maximum absolute atomic E-state index is 13.4. The van der Waals surface area contributed by atoms with Crippen molar-refractivity contribution in [1.82, 2.24) is 29.3 Å². The van der Waals surface area contributed by atoms with Crippen molar-refractivity contribution in [2.24, 2.45) is 7.05 Å². The molecule has 0 aromatic carbocycles. The number of aliphatic hydroxyl groups is 1. The van der Waals surface area contributed by atoms with Gasteiger partial charge in [0.1, 0.15) is 17.3 Å². The fourth-order valence-corrected chi connectivity index (χ4v) is 3.77. The first-order chi connectivity index (χ1) is 15.7. The Bertz CT molecular complexity index is 1400. The molecular weight excluding hydrogens is 441 g/mol. The van der Waals surface area contributed by atoms with Crippen molar-refractivity contribution in [2.45, 2.75) is 18.3 Å². The van der Waals surface area contributed by atoms with E-state index < -0.39 is 29.4 Å². The monoisotopic (exact) mass is 458 g/mol. The van der Waals surface area contributed by atoms with Crippen LogP contribution in [0.2, 0.25) is 0 Å². The maximum Gasteiger partial charge on any atom is 0.417 e. The lowest BCUT2D eigenvalue weighted by Gasteiger charge is -2.16. The van der Waals surface area contributed by atoms with Crippen LogP contribution in [-0.4, -0.2) is 53.7 Å². The highest BCUT2D eigenvalue weighted by molar-refractivity contribution is 5.93. The molecule has 0 saturated carbocycles. The van der Waals surface area contributed by atoms with Crippen molar-refractivity contribution >= 4 is 10.9 Å². The molecule has 2 atom stereocenters. The Kier molecular flexibility index (Phi) is 4.98. The summed E-state index contributed by atoms with van der Waals surface area (Å²) in [5.41, 5.74) is 0.251. The number of hydrogen-bond donors (Lipinski definition) is 1. The minimum atomic E-state index is -4.52. The smallest absolute Gasteiger partial charge is 0.388 e. The molecule has 1 saturated heterocycles. The largest absolute Gasteiger partial charge is 0.417 e. The van der Waals surface area contributed by atoms with E-state index in [0.29, 0.717) is 16.8 Å². The Labute approximate surface area is 184 Å². The number of aliphatic hydroxyl groups excluding tert-OH is 1. The van der Waals surface area contributed by atoms with Gasteiger partial charge in [-0.1, -0.05) is 0 Å². The molecule has 33 heavy (non-hydrogen) atoms. The summed E-state index contributed by atoms with van der Waals surface area (Å²) in [4.78, 5) is 26.2. The van der Waals surface area contributed by atoms with Crippen molar-refractivity contribution in [2.75, 3.05) is 13.2 Å². The van der Waals surface area contributed by atoms with Gasteiger partial charge in [0.15, 0.2) is 0 Å². The number of pyridine rings is 2. The highest BCUT2D eigenvalue weighted by atomic mass is 19.4. The molecule has 1 aliphatic rings. The highest BCUT2D eigenvalue weighted by Crippen LogP contribution is 2.31. The van der Waals surface area contributed by atoms with E-state index in [4.69, 9.17) is 4.74 Å². The fourth-order valence-electron chi connectivity index (χ4n) is 3.77. The molecular formula is C21H17F3N6O3. The van der Waals surface area contributed by atoms with Crippen LogP contribution in [0.25, 0.3) is 33.5 Å². The van der Waals surface area contributed by atoms with Gasteiger partial charge >= 0.3 is 6.18 Å². The molecule has 0 aliphatic carbocycles. The van der Waals surface area contributed by atoms with Gasteiger partial charge in [0.2, 0.25) is 0 Å². The third-order valence-corrected chi connectivity index (χ3v) is 5.48. The van der Waals surface area contributed by atoms with Crippen LogP contribution in [0.1, 0.15) is 11.6 Å². The van der Waals surface area contributed by atoms with Gasteiger partial charge < -0.3 is 9.84 Å². The van der Waals surface area contributed by atoms with Crippen molar-refractivity contribution in [3.8, 4) is 22.6 Å². The lowest BCUT2D eigenvalue weighted by molar-refractivity contribution is -0.137. The van der Waals surface area contributed by atoms with Gasteiger partial charge in [0.05, 0.1) is 54.1 Å². The van der Waals surface area contributed by atoms with Crippen molar-refractivity contribution in [3.63, 3.8) is 0 Å². The Balaban J connectivity index is 1.72. The lowest BCUT2D eigenvalue weighted by atomic mass is 10.1. The zero-order valence-electron chi connectivity index (χ0n) is 17.2. The van der Waals surface area contributed by atoms with Gasteiger partial charge in [-0.25, -0.2) is 9.97 Å². The molecule has 0 spiro atoms. The Hall–Kier alpha value is -3.64. The molecule has 4 aromatic rings. The van der Waals surface area contributed by atoms with Gasteiger partial charge in [0.25, 0.3) is 5.56 Å². The second kappa shape index (κ2) is 7.74. The van der Waals surface area contributed by atoms with Crippen LogP contribution in [0.3, 0.4) is 0 Å². The molecule has 9 nitrogen and oxygen atoms in total. The van der Waals surface area contributed by atoms with Crippen molar-refractivity contribution < 1.29 is 23.0 Å². The van der Waals surface area contributed by atoms with E-state index in [1.54, 1.807) is 24.1 Å². The molecule has 1 N–H and O–H groups in total. The van der Waals surface area contributed by atoms with Gasteiger partial charge in [0, 0.05) is 25.0 Å². The van der Waals surface area contributed by atoms with E-state index in [9.17, 15) is 23.1 Å². The number of nitrogens with zero attached hydrogens (tertiary/aromatic N) is 6. The summed E-state index contributed by atoms with van der Waals surface area (Å²) in [6.07, 6.45) is -0.0899. The predicted molar refractivity (Wildman–Crippen MR) is 110 cm³/mol. The minimum absolute atomic E-state index is 0.104. The van der Waals surface area contributed by atoms with Crippen molar-refractivity contribution in [1.29, 1.82) is 0 Å². The van der Waals surface area contributed by atoms with E-state index in [1.165, 1.54) is 23.0 Å². The predicted octanol–water partition coefficient (Wildman–Crippen LogP) is 2.21. The van der Waals surface area contributed by atoms with Crippen LogP contribution in [0.15, 0.2) is 47.9 Å². The molecule has 0 radical (unpaired) electrons. The summed E-state index contributed by atoms with van der Waals surface area (Å²) in [6.45, 7) is 0.259. The highest BCUT2D eigenvalue weighted by Gasteiger charge is 2.31. The molecule has 1 fully saturated rings. The molecule has 5 rings (SSSR count). The fraction of sp³-hybridized carbons (Fsp3) is 0.286.